The van der Waals surface area contributed by atoms with Crippen molar-refractivity contribution >= 4 is 17.6 Å². The van der Waals surface area contributed by atoms with Crippen LogP contribution in [0.5, 0.6) is 0 Å². The summed E-state index contributed by atoms with van der Waals surface area (Å²) < 4.78 is 23.2. The van der Waals surface area contributed by atoms with Crippen LogP contribution in [0.1, 0.15) is 37.6 Å². The van der Waals surface area contributed by atoms with E-state index in [0.29, 0.717) is 28.3 Å². The number of anilines is 1. The molecule has 0 aliphatic heterocycles. The fourth-order valence-corrected chi connectivity index (χ4v) is 2.89. The molecule has 1 aromatic heterocycles. The quantitative estimate of drug-likeness (QED) is 0.675. The number of aromatic nitrogens is 1. The van der Waals surface area contributed by atoms with Gasteiger partial charge in [0.1, 0.15) is 22.8 Å². The average molecular weight is 382 g/mol. The minimum Gasteiger partial charge on any atom is -0.465 e. The Balaban J connectivity index is 1.97. The van der Waals surface area contributed by atoms with Gasteiger partial charge in [-0.05, 0) is 68.3 Å². The number of amides is 1. The Morgan fingerprint density at radius 2 is 1.79 bits per heavy atom. The summed E-state index contributed by atoms with van der Waals surface area (Å²) in [5.41, 5.74) is 3.53. The summed E-state index contributed by atoms with van der Waals surface area (Å²) in [4.78, 5) is 24.9. The highest BCUT2D eigenvalue weighted by molar-refractivity contribution is 6.09. The summed E-state index contributed by atoms with van der Waals surface area (Å²) in [6, 6.07) is 8.94. The van der Waals surface area contributed by atoms with Crippen molar-refractivity contribution in [3.8, 4) is 11.3 Å². The number of rotatable bonds is 4. The SMILES string of the molecule is COC(=O)c1cc(NC(=O)c2c(-c3ccc(F)cc3)noc2C)cc(C)c1C. The number of nitrogens with one attached hydrogen (secondary N) is 1. The second-order valence-electron chi connectivity index (χ2n) is 6.38. The van der Waals surface area contributed by atoms with Crippen LogP contribution in [0.4, 0.5) is 10.1 Å². The smallest absolute Gasteiger partial charge is 0.338 e. The van der Waals surface area contributed by atoms with Gasteiger partial charge in [0.2, 0.25) is 0 Å². The van der Waals surface area contributed by atoms with Gasteiger partial charge >= 0.3 is 5.97 Å². The first kappa shape index (κ1) is 19.3. The molecule has 3 rings (SSSR count). The summed E-state index contributed by atoms with van der Waals surface area (Å²) in [5.74, 6) is -0.990. The van der Waals surface area contributed by atoms with Crippen LogP contribution in [0.2, 0.25) is 0 Å². The maximum atomic E-state index is 13.2. The zero-order chi connectivity index (χ0) is 20.4. The molecule has 6 nitrogen and oxygen atoms in total. The van der Waals surface area contributed by atoms with E-state index in [0.717, 1.165) is 11.1 Å². The Morgan fingerprint density at radius 3 is 2.43 bits per heavy atom. The zero-order valence-corrected chi connectivity index (χ0v) is 15.9. The summed E-state index contributed by atoms with van der Waals surface area (Å²) in [6.07, 6.45) is 0. The summed E-state index contributed by atoms with van der Waals surface area (Å²) in [5, 5.41) is 6.71. The highest BCUT2D eigenvalue weighted by Crippen LogP contribution is 2.27. The molecule has 7 heteroatoms. The first-order valence-corrected chi connectivity index (χ1v) is 8.55. The maximum absolute atomic E-state index is 13.2. The predicted molar refractivity (Wildman–Crippen MR) is 102 cm³/mol. The topological polar surface area (TPSA) is 81.4 Å². The van der Waals surface area contributed by atoms with E-state index in [-0.39, 0.29) is 11.4 Å². The van der Waals surface area contributed by atoms with E-state index in [1.807, 2.05) is 13.8 Å². The number of hydrogen-bond donors (Lipinski definition) is 1. The molecular formula is C21H19FN2O4. The zero-order valence-electron chi connectivity index (χ0n) is 15.9. The lowest BCUT2D eigenvalue weighted by molar-refractivity contribution is 0.0599. The molecule has 144 valence electrons. The van der Waals surface area contributed by atoms with Crippen LogP contribution < -0.4 is 5.32 Å². The predicted octanol–water partition coefficient (Wildman–Crippen LogP) is 4.44. The molecule has 0 radical (unpaired) electrons. The molecule has 1 amide bonds. The van der Waals surface area contributed by atoms with Crippen molar-refractivity contribution in [2.75, 3.05) is 12.4 Å². The fraction of sp³-hybridized carbons (Fsp3) is 0.190. The number of nitrogens with zero attached hydrogens (tertiary/aromatic N) is 1. The third-order valence-corrected chi connectivity index (χ3v) is 4.54. The number of hydrogen-bond acceptors (Lipinski definition) is 5. The summed E-state index contributed by atoms with van der Waals surface area (Å²) in [7, 11) is 1.30. The van der Waals surface area contributed by atoms with E-state index < -0.39 is 11.9 Å². The molecule has 1 heterocycles. The molecule has 28 heavy (non-hydrogen) atoms. The number of esters is 1. The lowest BCUT2D eigenvalue weighted by Gasteiger charge is -2.12. The van der Waals surface area contributed by atoms with Crippen LogP contribution in [0.25, 0.3) is 11.3 Å². The minimum absolute atomic E-state index is 0.240. The van der Waals surface area contributed by atoms with E-state index in [4.69, 9.17) is 9.26 Å². The first-order valence-electron chi connectivity index (χ1n) is 8.55. The van der Waals surface area contributed by atoms with Gasteiger partial charge < -0.3 is 14.6 Å². The van der Waals surface area contributed by atoms with Gasteiger partial charge in [0.15, 0.2) is 0 Å². The van der Waals surface area contributed by atoms with Gasteiger partial charge in [0.05, 0.1) is 12.7 Å². The Morgan fingerprint density at radius 1 is 1.11 bits per heavy atom. The Bertz CT molecular complexity index is 1060. The summed E-state index contributed by atoms with van der Waals surface area (Å²) >= 11 is 0. The number of halogens is 1. The second-order valence-corrected chi connectivity index (χ2v) is 6.38. The van der Waals surface area contributed by atoms with Crippen LogP contribution >= 0.6 is 0 Å². The molecule has 3 aromatic rings. The monoisotopic (exact) mass is 382 g/mol. The van der Waals surface area contributed by atoms with Crippen molar-refractivity contribution in [2.24, 2.45) is 0 Å². The van der Waals surface area contributed by atoms with Crippen molar-refractivity contribution in [3.63, 3.8) is 0 Å². The molecule has 0 atom stereocenters. The largest absolute Gasteiger partial charge is 0.465 e. The molecule has 0 saturated heterocycles. The minimum atomic E-state index is -0.482. The second kappa shape index (κ2) is 7.64. The van der Waals surface area contributed by atoms with Crippen LogP contribution in [0, 0.1) is 26.6 Å². The fourth-order valence-electron chi connectivity index (χ4n) is 2.89. The molecule has 1 N–H and O–H groups in total. The number of aryl methyl sites for hydroxylation is 2. The van der Waals surface area contributed by atoms with E-state index in [1.165, 1.54) is 31.4 Å². The van der Waals surface area contributed by atoms with Crippen molar-refractivity contribution in [1.29, 1.82) is 0 Å². The summed E-state index contributed by atoms with van der Waals surface area (Å²) in [6.45, 7) is 5.27. The third-order valence-electron chi connectivity index (χ3n) is 4.54. The van der Waals surface area contributed by atoms with E-state index in [1.54, 1.807) is 19.1 Å². The number of ether oxygens (including phenoxy) is 1. The lowest BCUT2D eigenvalue weighted by atomic mass is 10.0. The van der Waals surface area contributed by atoms with Crippen LogP contribution in [-0.4, -0.2) is 24.1 Å². The van der Waals surface area contributed by atoms with Crippen LogP contribution in [0.15, 0.2) is 40.9 Å². The van der Waals surface area contributed by atoms with Crippen molar-refractivity contribution in [3.05, 3.63) is 70.2 Å². The molecule has 0 saturated carbocycles. The van der Waals surface area contributed by atoms with Crippen molar-refractivity contribution in [2.45, 2.75) is 20.8 Å². The van der Waals surface area contributed by atoms with E-state index in [9.17, 15) is 14.0 Å². The van der Waals surface area contributed by atoms with Gasteiger partial charge in [0.25, 0.3) is 5.91 Å². The molecule has 0 bridgehead atoms. The van der Waals surface area contributed by atoms with Crippen LogP contribution in [-0.2, 0) is 4.74 Å². The first-order chi connectivity index (χ1) is 13.3. The Kier molecular flexibility index (Phi) is 5.26. The lowest BCUT2D eigenvalue weighted by Crippen LogP contribution is -2.15. The van der Waals surface area contributed by atoms with Gasteiger partial charge in [-0.2, -0.15) is 0 Å². The normalized spacial score (nSPS) is 10.6. The average Bonchev–Trinajstić information content (AvgIpc) is 3.06. The number of carbonyl (C=O) groups excluding carboxylic acids is 2. The molecule has 0 fully saturated rings. The molecule has 0 unspecified atom stereocenters. The van der Waals surface area contributed by atoms with Crippen molar-refractivity contribution < 1.29 is 23.2 Å². The molecule has 0 spiro atoms. The Hall–Kier alpha value is -3.48. The van der Waals surface area contributed by atoms with Gasteiger partial charge in [0, 0.05) is 11.3 Å². The van der Waals surface area contributed by atoms with E-state index in [2.05, 4.69) is 10.5 Å². The molecule has 0 aliphatic rings. The highest BCUT2D eigenvalue weighted by Gasteiger charge is 2.22. The van der Waals surface area contributed by atoms with Gasteiger partial charge in [-0.3, -0.25) is 4.79 Å². The van der Waals surface area contributed by atoms with Crippen molar-refractivity contribution in [1.82, 2.24) is 5.16 Å². The van der Waals surface area contributed by atoms with Gasteiger partial charge in [-0.15, -0.1) is 0 Å². The molecular weight excluding hydrogens is 363 g/mol. The number of methoxy groups -OCH3 is 1. The Labute approximate surface area is 161 Å². The number of benzene rings is 2. The molecule has 0 aliphatic carbocycles. The highest BCUT2D eigenvalue weighted by atomic mass is 19.1. The van der Waals surface area contributed by atoms with Crippen LogP contribution in [0.3, 0.4) is 0 Å². The standard InChI is InChI=1S/C21H19FN2O4/c1-11-9-16(10-17(12(11)2)21(26)27-4)23-20(25)18-13(3)28-24-19(18)14-5-7-15(22)8-6-14/h5-10H,1-4H3,(H,23,25). The molecule has 2 aromatic carbocycles. The third kappa shape index (κ3) is 3.64. The van der Waals surface area contributed by atoms with Gasteiger partial charge in [-0.1, -0.05) is 5.16 Å². The van der Waals surface area contributed by atoms with E-state index >= 15 is 0 Å². The van der Waals surface area contributed by atoms with Gasteiger partial charge in [-0.25, -0.2) is 9.18 Å². The maximum Gasteiger partial charge on any atom is 0.338 e. The number of carbonyl (C=O) groups is 2.